The van der Waals surface area contributed by atoms with Crippen molar-refractivity contribution in [2.24, 2.45) is 0 Å². The van der Waals surface area contributed by atoms with Crippen LogP contribution < -0.4 is 0 Å². The highest BCUT2D eigenvalue weighted by molar-refractivity contribution is 8.10. The number of thioether (sulfide) groups is 1. The van der Waals surface area contributed by atoms with Crippen LogP contribution in [0.5, 0.6) is 0 Å². The molecule has 0 unspecified atom stereocenters. The van der Waals surface area contributed by atoms with E-state index in [1.54, 1.807) is 11.8 Å². The van der Waals surface area contributed by atoms with E-state index in [-0.39, 0.29) is 0 Å². The number of rotatable bonds is 4. The molecule has 90 valence electrons. The van der Waals surface area contributed by atoms with Crippen molar-refractivity contribution in [3.63, 3.8) is 0 Å². The van der Waals surface area contributed by atoms with Crippen LogP contribution in [0.1, 0.15) is 37.5 Å². The Labute approximate surface area is 109 Å². The van der Waals surface area contributed by atoms with Gasteiger partial charge < -0.3 is 0 Å². The van der Waals surface area contributed by atoms with E-state index in [4.69, 9.17) is 0 Å². The molecule has 0 atom stereocenters. The van der Waals surface area contributed by atoms with Gasteiger partial charge in [-0.05, 0) is 61.4 Å². The smallest absolute Gasteiger partial charge is 0.0146 e. The molecule has 1 rings (SSSR count). The summed E-state index contributed by atoms with van der Waals surface area (Å²) in [7, 11) is 0. The van der Waals surface area contributed by atoms with Crippen molar-refractivity contribution in [2.75, 3.05) is 0 Å². The molecule has 1 aromatic rings. The molecular formula is C16H20S. The molecule has 0 amide bonds. The number of benzene rings is 1. The number of hydrogen-bond donors (Lipinski definition) is 0. The second-order valence-electron chi connectivity index (χ2n) is 3.94. The predicted molar refractivity (Wildman–Crippen MR) is 81.9 cm³/mol. The highest BCUT2D eigenvalue weighted by atomic mass is 32.2. The molecule has 0 radical (unpaired) electrons. The molecule has 0 aliphatic carbocycles. The van der Waals surface area contributed by atoms with Gasteiger partial charge in [0.25, 0.3) is 0 Å². The topological polar surface area (TPSA) is 0 Å². The highest BCUT2D eigenvalue weighted by Crippen LogP contribution is 2.30. The lowest BCUT2D eigenvalue weighted by molar-refractivity contribution is 1.39. The average molecular weight is 244 g/mol. The molecule has 0 spiro atoms. The van der Waals surface area contributed by atoms with Crippen LogP contribution in [-0.4, -0.2) is 0 Å². The number of aryl methyl sites for hydroxylation is 1. The molecule has 0 heterocycles. The Kier molecular flexibility index (Phi) is 5.30. The van der Waals surface area contributed by atoms with Gasteiger partial charge in [0.05, 0.1) is 0 Å². The maximum atomic E-state index is 3.78. The van der Waals surface area contributed by atoms with Gasteiger partial charge in [-0.1, -0.05) is 42.6 Å². The maximum Gasteiger partial charge on any atom is 0.0146 e. The summed E-state index contributed by atoms with van der Waals surface area (Å²) in [5.41, 5.74) is 5.24. The summed E-state index contributed by atoms with van der Waals surface area (Å²) in [6.45, 7) is 12.2. The van der Waals surface area contributed by atoms with Gasteiger partial charge in [-0.15, -0.1) is 0 Å². The van der Waals surface area contributed by atoms with Crippen LogP contribution in [0.25, 0.3) is 10.5 Å². The van der Waals surface area contributed by atoms with Crippen LogP contribution in [-0.2, 0) is 0 Å². The van der Waals surface area contributed by atoms with Crippen LogP contribution in [0.15, 0.2) is 42.3 Å². The van der Waals surface area contributed by atoms with Crippen molar-refractivity contribution in [1.82, 2.24) is 0 Å². The summed E-state index contributed by atoms with van der Waals surface area (Å²) in [6.07, 6.45) is 4.29. The zero-order valence-electron chi connectivity index (χ0n) is 11.1. The second-order valence-corrected chi connectivity index (χ2v) is 4.95. The van der Waals surface area contributed by atoms with Gasteiger partial charge >= 0.3 is 0 Å². The monoisotopic (exact) mass is 244 g/mol. The first-order chi connectivity index (χ1) is 8.13. The minimum Gasteiger partial charge on any atom is -0.0984 e. The minimum absolute atomic E-state index is 1.25. The molecule has 0 saturated heterocycles. The van der Waals surface area contributed by atoms with Gasteiger partial charge in [-0.2, -0.15) is 0 Å². The number of allylic oxidation sites excluding steroid dienone is 3. The van der Waals surface area contributed by atoms with E-state index in [1.165, 1.54) is 27.2 Å². The predicted octanol–water partition coefficient (Wildman–Crippen LogP) is 5.66. The fraction of sp³-hybridized carbons (Fsp3) is 0.250. The quantitative estimate of drug-likeness (QED) is 0.659. The first-order valence-corrected chi connectivity index (χ1v) is 6.70. The van der Waals surface area contributed by atoms with Gasteiger partial charge in [0, 0.05) is 4.91 Å². The van der Waals surface area contributed by atoms with E-state index in [0.29, 0.717) is 0 Å². The zero-order valence-corrected chi connectivity index (χ0v) is 11.9. The van der Waals surface area contributed by atoms with Crippen molar-refractivity contribution >= 4 is 22.2 Å². The summed E-state index contributed by atoms with van der Waals surface area (Å²) >= 11 is 1.67. The van der Waals surface area contributed by atoms with Crippen LogP contribution in [0.2, 0.25) is 0 Å². The lowest BCUT2D eigenvalue weighted by atomic mass is 9.98. The van der Waals surface area contributed by atoms with Crippen LogP contribution >= 0.6 is 11.8 Å². The molecule has 0 N–H and O–H groups in total. The van der Waals surface area contributed by atoms with Gasteiger partial charge in [0.15, 0.2) is 0 Å². The average Bonchev–Trinajstić information content (AvgIpc) is 2.36. The molecule has 1 heteroatoms. The van der Waals surface area contributed by atoms with Crippen LogP contribution in [0, 0.1) is 6.92 Å². The SMILES string of the molecule is C=CS/C(=C\C)c1ccc(C)c(/C(C)=C\C)c1. The fourth-order valence-electron chi connectivity index (χ4n) is 1.75. The minimum atomic E-state index is 1.25. The van der Waals surface area contributed by atoms with Gasteiger partial charge in [-0.3, -0.25) is 0 Å². The van der Waals surface area contributed by atoms with Crippen LogP contribution in [0.4, 0.5) is 0 Å². The molecule has 0 aromatic heterocycles. The Bertz CT molecular complexity index is 464. The normalized spacial score (nSPS) is 12.7. The van der Waals surface area contributed by atoms with Gasteiger partial charge in [0.2, 0.25) is 0 Å². The molecule has 1 aromatic carbocycles. The van der Waals surface area contributed by atoms with Crippen molar-refractivity contribution < 1.29 is 0 Å². The Balaban J connectivity index is 3.25. The summed E-state index contributed by atoms with van der Waals surface area (Å²) in [4.78, 5) is 1.25. The van der Waals surface area contributed by atoms with E-state index < -0.39 is 0 Å². The standard InChI is InChI=1S/C16H20S/c1-6-12(4)15-11-14(10-9-13(15)5)16(7-2)17-8-3/h6-11H,3H2,1-2,4-5H3/b12-6-,16-7-. The van der Waals surface area contributed by atoms with E-state index in [0.717, 1.165) is 0 Å². The molecule has 0 saturated carbocycles. The highest BCUT2D eigenvalue weighted by Gasteiger charge is 2.05. The van der Waals surface area contributed by atoms with Gasteiger partial charge in [-0.25, -0.2) is 0 Å². The molecule has 0 aliphatic heterocycles. The van der Waals surface area contributed by atoms with Crippen molar-refractivity contribution in [1.29, 1.82) is 0 Å². The van der Waals surface area contributed by atoms with E-state index >= 15 is 0 Å². The van der Waals surface area contributed by atoms with E-state index in [9.17, 15) is 0 Å². The molecule has 17 heavy (non-hydrogen) atoms. The van der Waals surface area contributed by atoms with E-state index in [2.05, 4.69) is 64.6 Å². The Morgan fingerprint density at radius 1 is 1.24 bits per heavy atom. The first-order valence-electron chi connectivity index (χ1n) is 5.82. The third kappa shape index (κ3) is 3.37. The fourth-order valence-corrected chi connectivity index (χ4v) is 2.33. The molecule has 0 fully saturated rings. The van der Waals surface area contributed by atoms with Crippen molar-refractivity contribution in [2.45, 2.75) is 27.7 Å². The lowest BCUT2D eigenvalue weighted by Gasteiger charge is -2.10. The summed E-state index contributed by atoms with van der Waals surface area (Å²) in [6, 6.07) is 6.62. The molecule has 0 nitrogen and oxygen atoms in total. The summed E-state index contributed by atoms with van der Waals surface area (Å²) in [5, 5.41) is 1.87. The van der Waals surface area contributed by atoms with Gasteiger partial charge in [0.1, 0.15) is 0 Å². The van der Waals surface area contributed by atoms with E-state index in [1.807, 2.05) is 5.41 Å². The molecule has 0 bridgehead atoms. The summed E-state index contributed by atoms with van der Waals surface area (Å²) < 4.78 is 0. The maximum absolute atomic E-state index is 3.78. The Morgan fingerprint density at radius 2 is 1.94 bits per heavy atom. The van der Waals surface area contributed by atoms with Crippen molar-refractivity contribution in [3.05, 3.63) is 59.0 Å². The third-order valence-corrected chi connectivity index (χ3v) is 3.74. The Morgan fingerprint density at radius 3 is 2.47 bits per heavy atom. The molecular weight excluding hydrogens is 224 g/mol. The van der Waals surface area contributed by atoms with Crippen molar-refractivity contribution in [3.8, 4) is 0 Å². The van der Waals surface area contributed by atoms with Crippen LogP contribution in [0.3, 0.4) is 0 Å². The Hall–Kier alpha value is -1.21. The molecule has 0 aliphatic rings. The third-order valence-electron chi connectivity index (χ3n) is 2.85. The second kappa shape index (κ2) is 6.51. The number of hydrogen-bond acceptors (Lipinski definition) is 1. The summed E-state index contributed by atoms with van der Waals surface area (Å²) in [5.74, 6) is 0. The first kappa shape index (κ1) is 13.9. The lowest BCUT2D eigenvalue weighted by Crippen LogP contribution is -1.89. The zero-order chi connectivity index (χ0) is 12.8. The largest absolute Gasteiger partial charge is 0.0984 e.